The molecule has 5 rings (SSSR count). The fraction of sp³-hybridized carbons (Fsp3) is 0.389. The van der Waals surface area contributed by atoms with E-state index in [4.69, 9.17) is 23.1 Å². The Morgan fingerprint density at radius 3 is 2.53 bits per heavy atom. The normalized spacial score (nSPS) is 19.6. The molecule has 2 unspecified atom stereocenters. The van der Waals surface area contributed by atoms with Crippen molar-refractivity contribution in [1.29, 1.82) is 0 Å². The van der Waals surface area contributed by atoms with Crippen molar-refractivity contribution in [2.75, 3.05) is 20.1 Å². The molecular formula is C36H45ClN8O3S. The van der Waals surface area contributed by atoms with Gasteiger partial charge in [0.1, 0.15) is 17.1 Å². The molecule has 3 atom stereocenters. The SMILES string of the molecule is CN1C(=O)C(CCCCN)NC(=O)C(CCCN)NCc2cccnc2Sc2ccc(Cl)cc2CNC(=O)[C@@H]1Cc1c[nH]c2ccccc12. The molecular weight excluding hydrogens is 660 g/mol. The van der Waals surface area contributed by atoms with Crippen LogP contribution in [0.3, 0.4) is 0 Å². The van der Waals surface area contributed by atoms with E-state index in [9.17, 15) is 14.4 Å². The Bertz CT molecular complexity index is 1750. The highest BCUT2D eigenvalue weighted by molar-refractivity contribution is 7.99. The average molecular weight is 705 g/mol. The fourth-order valence-corrected chi connectivity index (χ4v) is 7.24. The molecule has 49 heavy (non-hydrogen) atoms. The maximum Gasteiger partial charge on any atom is 0.245 e. The van der Waals surface area contributed by atoms with Gasteiger partial charge in [-0.25, -0.2) is 4.98 Å². The number of benzene rings is 2. The molecule has 0 bridgehead atoms. The molecule has 8 N–H and O–H groups in total. The molecule has 13 heteroatoms. The predicted molar refractivity (Wildman–Crippen MR) is 194 cm³/mol. The van der Waals surface area contributed by atoms with Gasteiger partial charge in [0.2, 0.25) is 17.7 Å². The van der Waals surface area contributed by atoms with Gasteiger partial charge >= 0.3 is 0 Å². The summed E-state index contributed by atoms with van der Waals surface area (Å²) < 4.78 is 0. The van der Waals surface area contributed by atoms with Crippen molar-refractivity contribution < 1.29 is 14.4 Å². The number of likely N-dealkylation sites (N-methyl/N-ethyl adjacent to an activating group) is 1. The van der Waals surface area contributed by atoms with Crippen LogP contribution >= 0.6 is 23.4 Å². The topological polar surface area (TPSA) is 171 Å². The summed E-state index contributed by atoms with van der Waals surface area (Å²) in [5, 5.41) is 11.8. The summed E-state index contributed by atoms with van der Waals surface area (Å²) in [6.07, 6.45) is 6.68. The zero-order valence-corrected chi connectivity index (χ0v) is 29.3. The summed E-state index contributed by atoms with van der Waals surface area (Å²) in [4.78, 5) is 52.7. The number of para-hydroxylation sites is 1. The first kappa shape index (κ1) is 36.3. The standard InChI is InChI=1S/C36H45ClN8O3S/c1-45-31(19-24-21-41-28-10-3-2-9-27(24)28)34(47)43-22-25-18-26(37)13-14-32(25)49-35-23(8-7-17-40-35)20-42-29(12-6-16-39)33(46)44-30(36(45)48)11-4-5-15-38/h2-3,7-10,13-14,17-18,21,29-31,41-42H,4-6,11-12,15-16,19-20,22,38-39H2,1H3,(H,43,47)(H,44,46)/t29?,30?,31-/m0/s1. The van der Waals surface area contributed by atoms with Crippen molar-refractivity contribution in [2.45, 2.75) is 79.7 Å². The van der Waals surface area contributed by atoms with E-state index in [0.717, 1.165) is 37.5 Å². The van der Waals surface area contributed by atoms with Gasteiger partial charge in [0, 0.05) is 59.8 Å². The number of carbonyl (C=O) groups excluding carboxylic acids is 3. The number of H-pyrrole nitrogens is 1. The molecule has 11 nitrogen and oxygen atoms in total. The molecule has 0 saturated heterocycles. The molecule has 4 aromatic rings. The first-order valence-electron chi connectivity index (χ1n) is 16.7. The molecule has 0 saturated carbocycles. The van der Waals surface area contributed by atoms with Gasteiger partial charge in [0.15, 0.2) is 0 Å². The molecule has 3 heterocycles. The summed E-state index contributed by atoms with van der Waals surface area (Å²) in [5.74, 6) is -0.969. The van der Waals surface area contributed by atoms with Crippen molar-refractivity contribution in [1.82, 2.24) is 30.8 Å². The molecule has 2 aromatic heterocycles. The van der Waals surface area contributed by atoms with Crippen LogP contribution in [0.1, 0.15) is 48.8 Å². The van der Waals surface area contributed by atoms with E-state index in [0.29, 0.717) is 56.8 Å². The largest absolute Gasteiger partial charge is 0.361 e. The number of unbranched alkanes of at least 4 members (excludes halogenated alkanes) is 1. The summed E-state index contributed by atoms with van der Waals surface area (Å²) in [6, 6.07) is 14.9. The minimum atomic E-state index is -0.875. The Morgan fingerprint density at radius 1 is 0.918 bits per heavy atom. The first-order valence-corrected chi connectivity index (χ1v) is 17.9. The Balaban J connectivity index is 1.55. The van der Waals surface area contributed by atoms with E-state index >= 15 is 0 Å². The Morgan fingerprint density at radius 2 is 1.71 bits per heavy atom. The van der Waals surface area contributed by atoms with Crippen molar-refractivity contribution in [3.63, 3.8) is 0 Å². The van der Waals surface area contributed by atoms with E-state index in [2.05, 4.69) is 25.9 Å². The number of aromatic amines is 1. The second-order valence-corrected chi connectivity index (χ2v) is 13.7. The third-order valence-electron chi connectivity index (χ3n) is 8.85. The van der Waals surface area contributed by atoms with E-state index < -0.39 is 18.1 Å². The summed E-state index contributed by atoms with van der Waals surface area (Å²) in [5.41, 5.74) is 15.2. The molecule has 1 aliphatic rings. The van der Waals surface area contributed by atoms with Crippen LogP contribution in [-0.4, -0.2) is 70.9 Å². The zero-order chi connectivity index (χ0) is 34.8. The average Bonchev–Trinajstić information content (AvgIpc) is 3.52. The minimum absolute atomic E-state index is 0.187. The highest BCUT2D eigenvalue weighted by Crippen LogP contribution is 2.33. The van der Waals surface area contributed by atoms with E-state index in [1.807, 2.05) is 60.8 Å². The van der Waals surface area contributed by atoms with Crippen molar-refractivity contribution >= 4 is 52.0 Å². The minimum Gasteiger partial charge on any atom is -0.361 e. The van der Waals surface area contributed by atoms with Crippen LogP contribution in [0.4, 0.5) is 0 Å². The van der Waals surface area contributed by atoms with E-state index in [1.165, 1.54) is 16.7 Å². The number of nitrogens with zero attached hydrogens (tertiary/aromatic N) is 2. The maximum atomic E-state index is 14.3. The number of nitrogens with one attached hydrogen (secondary N) is 4. The first-order chi connectivity index (χ1) is 23.8. The highest BCUT2D eigenvalue weighted by Gasteiger charge is 2.34. The van der Waals surface area contributed by atoms with Gasteiger partial charge in [-0.15, -0.1) is 0 Å². The number of amides is 3. The number of fused-ring (bicyclic) bond motifs is 3. The molecule has 0 aliphatic carbocycles. The summed E-state index contributed by atoms with van der Waals surface area (Å²) in [6.45, 7) is 1.45. The van der Waals surface area contributed by atoms with Gasteiger partial charge in [-0.05, 0) is 92.2 Å². The zero-order valence-electron chi connectivity index (χ0n) is 27.7. The molecule has 0 fully saturated rings. The van der Waals surface area contributed by atoms with Crippen molar-refractivity contribution in [2.24, 2.45) is 11.5 Å². The van der Waals surface area contributed by atoms with Crippen LogP contribution in [0.15, 0.2) is 76.9 Å². The van der Waals surface area contributed by atoms with Crippen LogP contribution in [-0.2, 0) is 33.9 Å². The van der Waals surface area contributed by atoms with Gasteiger partial charge in [-0.1, -0.05) is 47.6 Å². The molecule has 3 amide bonds. The quantitative estimate of drug-likeness (QED) is 0.143. The number of nitrogens with two attached hydrogens (primary N) is 2. The second-order valence-electron chi connectivity index (χ2n) is 12.3. The third-order valence-corrected chi connectivity index (χ3v) is 10.3. The number of hydrogen-bond acceptors (Lipinski definition) is 8. The van der Waals surface area contributed by atoms with Gasteiger partial charge < -0.3 is 37.3 Å². The number of halogens is 1. The number of hydrogen-bond donors (Lipinski definition) is 6. The lowest BCUT2D eigenvalue weighted by Crippen LogP contribution is -2.57. The van der Waals surface area contributed by atoms with Crippen LogP contribution in [0.5, 0.6) is 0 Å². The van der Waals surface area contributed by atoms with Crippen LogP contribution in [0.2, 0.25) is 5.02 Å². The number of pyridine rings is 1. The summed E-state index contributed by atoms with van der Waals surface area (Å²) >= 11 is 7.91. The molecule has 2 aromatic carbocycles. The van der Waals surface area contributed by atoms with Gasteiger partial charge in [0.25, 0.3) is 0 Å². The molecule has 0 spiro atoms. The van der Waals surface area contributed by atoms with Crippen LogP contribution < -0.4 is 27.4 Å². The highest BCUT2D eigenvalue weighted by atomic mass is 35.5. The molecule has 260 valence electrons. The number of aromatic nitrogens is 2. The third kappa shape index (κ3) is 9.40. The Hall–Kier alpha value is -3.94. The van der Waals surface area contributed by atoms with Gasteiger partial charge in [0.05, 0.1) is 6.04 Å². The van der Waals surface area contributed by atoms with Gasteiger partial charge in [-0.3, -0.25) is 14.4 Å². The summed E-state index contributed by atoms with van der Waals surface area (Å²) in [7, 11) is 1.63. The van der Waals surface area contributed by atoms with Crippen LogP contribution in [0, 0.1) is 0 Å². The monoisotopic (exact) mass is 704 g/mol. The second kappa shape index (κ2) is 17.6. The lowest BCUT2D eigenvalue weighted by atomic mass is 10.0. The van der Waals surface area contributed by atoms with Crippen molar-refractivity contribution in [3.05, 3.63) is 88.7 Å². The molecule has 0 radical (unpaired) electrons. The molecule has 1 aliphatic heterocycles. The number of rotatable bonds is 9. The van der Waals surface area contributed by atoms with Crippen LogP contribution in [0.25, 0.3) is 10.9 Å². The smallest absolute Gasteiger partial charge is 0.245 e. The number of carbonyl (C=O) groups is 3. The fourth-order valence-electron chi connectivity index (χ4n) is 6.06. The van der Waals surface area contributed by atoms with E-state index in [-0.39, 0.29) is 30.7 Å². The predicted octanol–water partition coefficient (Wildman–Crippen LogP) is 3.88. The van der Waals surface area contributed by atoms with E-state index in [1.54, 1.807) is 13.2 Å². The Kier molecular flexibility index (Phi) is 13.1. The van der Waals surface area contributed by atoms with Crippen molar-refractivity contribution in [3.8, 4) is 0 Å². The Labute approximate surface area is 296 Å². The lowest BCUT2D eigenvalue weighted by molar-refractivity contribution is -0.142. The maximum absolute atomic E-state index is 14.3. The van der Waals surface area contributed by atoms with Gasteiger partial charge in [-0.2, -0.15) is 0 Å². The lowest BCUT2D eigenvalue weighted by Gasteiger charge is -2.32.